The molecule has 17 heavy (non-hydrogen) atoms. The summed E-state index contributed by atoms with van der Waals surface area (Å²) < 4.78 is 13.3. The van der Waals surface area contributed by atoms with Gasteiger partial charge < -0.3 is 5.32 Å². The first-order valence-electron chi connectivity index (χ1n) is 6.69. The van der Waals surface area contributed by atoms with Crippen molar-refractivity contribution in [2.24, 2.45) is 5.92 Å². The quantitative estimate of drug-likeness (QED) is 0.744. The van der Waals surface area contributed by atoms with Crippen LogP contribution in [0.4, 0.5) is 4.39 Å². The van der Waals surface area contributed by atoms with Crippen LogP contribution in [-0.4, -0.2) is 13.1 Å². The highest BCUT2D eigenvalue weighted by Crippen LogP contribution is 2.56. The average molecular weight is 235 g/mol. The van der Waals surface area contributed by atoms with Crippen LogP contribution in [0.5, 0.6) is 0 Å². The van der Waals surface area contributed by atoms with E-state index in [1.165, 1.54) is 24.5 Å². The summed E-state index contributed by atoms with van der Waals surface area (Å²) in [5, 5.41) is 3.48. The molecule has 0 saturated heterocycles. The fraction of sp³-hybridized carbons (Fsp3) is 0.600. The highest BCUT2D eigenvalue weighted by molar-refractivity contribution is 5.34. The summed E-state index contributed by atoms with van der Waals surface area (Å²) in [6, 6.07) is 7.15. The minimum Gasteiger partial charge on any atom is -0.316 e. The molecule has 1 aromatic rings. The summed E-state index contributed by atoms with van der Waals surface area (Å²) in [7, 11) is 0. The fourth-order valence-electron chi connectivity index (χ4n) is 2.89. The Morgan fingerprint density at radius 1 is 1.41 bits per heavy atom. The van der Waals surface area contributed by atoms with Crippen LogP contribution in [0.2, 0.25) is 0 Å². The Kier molecular flexibility index (Phi) is 3.82. The molecule has 1 aliphatic rings. The molecule has 0 aromatic heterocycles. The number of hydrogen-bond donors (Lipinski definition) is 1. The molecular weight excluding hydrogens is 213 g/mol. The summed E-state index contributed by atoms with van der Waals surface area (Å²) in [5.41, 5.74) is 1.42. The van der Waals surface area contributed by atoms with E-state index in [2.05, 4.69) is 25.2 Å². The van der Waals surface area contributed by atoms with Gasteiger partial charge in [-0.1, -0.05) is 26.0 Å². The van der Waals surface area contributed by atoms with Crippen molar-refractivity contribution in [1.29, 1.82) is 0 Å². The molecule has 94 valence electrons. The van der Waals surface area contributed by atoms with Crippen LogP contribution in [-0.2, 0) is 5.41 Å². The second kappa shape index (κ2) is 5.18. The summed E-state index contributed by atoms with van der Waals surface area (Å²) in [6.45, 7) is 6.54. The lowest BCUT2D eigenvalue weighted by Crippen LogP contribution is -2.22. The molecule has 2 heteroatoms. The number of nitrogens with one attached hydrogen (secondary N) is 1. The van der Waals surface area contributed by atoms with Gasteiger partial charge in [0.05, 0.1) is 0 Å². The normalized spacial score (nSPS) is 27.1. The van der Waals surface area contributed by atoms with Crippen LogP contribution in [0.15, 0.2) is 24.3 Å². The smallest absolute Gasteiger partial charge is 0.123 e. The third-order valence-electron chi connectivity index (χ3n) is 4.08. The van der Waals surface area contributed by atoms with Gasteiger partial charge in [0, 0.05) is 0 Å². The molecule has 2 atom stereocenters. The zero-order valence-corrected chi connectivity index (χ0v) is 10.8. The maximum Gasteiger partial charge on any atom is 0.123 e. The zero-order chi connectivity index (χ0) is 12.3. The van der Waals surface area contributed by atoms with Crippen molar-refractivity contribution in [3.05, 3.63) is 35.6 Å². The molecule has 0 spiro atoms. The monoisotopic (exact) mass is 235 g/mol. The molecule has 1 N–H and O–H groups in total. The molecule has 0 bridgehead atoms. The first-order chi connectivity index (χ1) is 8.23. The molecule has 0 heterocycles. The Balaban J connectivity index is 2.03. The van der Waals surface area contributed by atoms with Gasteiger partial charge in [0.2, 0.25) is 0 Å². The highest BCUT2D eigenvalue weighted by atomic mass is 19.1. The molecule has 1 aliphatic carbocycles. The lowest BCUT2D eigenvalue weighted by molar-refractivity contribution is 0.533. The Bertz CT molecular complexity index is 377. The SMILES string of the molecule is CCCNCC1CC1(CC)c1cccc(F)c1. The Morgan fingerprint density at radius 2 is 2.24 bits per heavy atom. The van der Waals surface area contributed by atoms with Crippen molar-refractivity contribution in [2.75, 3.05) is 13.1 Å². The van der Waals surface area contributed by atoms with Gasteiger partial charge in [0.25, 0.3) is 0 Å². The van der Waals surface area contributed by atoms with Crippen LogP contribution >= 0.6 is 0 Å². The summed E-state index contributed by atoms with van der Waals surface area (Å²) in [6.07, 6.45) is 3.48. The van der Waals surface area contributed by atoms with Crippen LogP contribution in [0.25, 0.3) is 0 Å². The van der Waals surface area contributed by atoms with Crippen molar-refractivity contribution in [2.45, 2.75) is 38.5 Å². The van der Waals surface area contributed by atoms with E-state index in [-0.39, 0.29) is 11.2 Å². The van der Waals surface area contributed by atoms with Crippen molar-refractivity contribution in [1.82, 2.24) is 5.32 Å². The molecule has 1 aromatic carbocycles. The molecule has 2 rings (SSSR count). The number of hydrogen-bond acceptors (Lipinski definition) is 1. The Labute approximate surface area is 103 Å². The summed E-state index contributed by atoms with van der Waals surface area (Å²) >= 11 is 0. The number of halogens is 1. The van der Waals surface area contributed by atoms with Crippen LogP contribution < -0.4 is 5.32 Å². The molecule has 1 nitrogen and oxygen atoms in total. The predicted molar refractivity (Wildman–Crippen MR) is 69.6 cm³/mol. The number of benzene rings is 1. The lowest BCUT2D eigenvalue weighted by Gasteiger charge is -2.16. The third kappa shape index (κ3) is 2.52. The summed E-state index contributed by atoms with van der Waals surface area (Å²) in [5.74, 6) is 0.573. The van der Waals surface area contributed by atoms with E-state index in [0.717, 1.165) is 19.5 Å². The van der Waals surface area contributed by atoms with E-state index in [1.54, 1.807) is 6.07 Å². The molecule has 0 amide bonds. The second-order valence-corrected chi connectivity index (χ2v) is 5.13. The average Bonchev–Trinajstić information content (AvgIpc) is 3.05. The van der Waals surface area contributed by atoms with E-state index in [9.17, 15) is 4.39 Å². The largest absolute Gasteiger partial charge is 0.316 e. The van der Waals surface area contributed by atoms with Gasteiger partial charge in [-0.25, -0.2) is 4.39 Å². The summed E-state index contributed by atoms with van der Waals surface area (Å²) in [4.78, 5) is 0. The number of rotatable bonds is 6. The van der Waals surface area contributed by atoms with Gasteiger partial charge in [0.15, 0.2) is 0 Å². The van der Waals surface area contributed by atoms with Crippen molar-refractivity contribution in [3.8, 4) is 0 Å². The predicted octanol–water partition coefficient (Wildman–Crippen LogP) is 3.49. The zero-order valence-electron chi connectivity index (χ0n) is 10.8. The van der Waals surface area contributed by atoms with E-state index in [1.807, 2.05) is 6.07 Å². The first kappa shape index (κ1) is 12.6. The van der Waals surface area contributed by atoms with Crippen molar-refractivity contribution in [3.63, 3.8) is 0 Å². The molecule has 0 aliphatic heterocycles. The molecule has 2 unspecified atom stereocenters. The van der Waals surface area contributed by atoms with E-state index < -0.39 is 0 Å². The lowest BCUT2D eigenvalue weighted by atomic mass is 9.90. The van der Waals surface area contributed by atoms with Crippen molar-refractivity contribution < 1.29 is 4.39 Å². The van der Waals surface area contributed by atoms with Gasteiger partial charge in [-0.15, -0.1) is 0 Å². The maximum absolute atomic E-state index is 13.3. The maximum atomic E-state index is 13.3. The van der Waals surface area contributed by atoms with Gasteiger partial charge in [-0.05, 0) is 61.4 Å². The molecule has 1 fully saturated rings. The fourth-order valence-corrected chi connectivity index (χ4v) is 2.89. The van der Waals surface area contributed by atoms with Gasteiger partial charge >= 0.3 is 0 Å². The van der Waals surface area contributed by atoms with E-state index in [0.29, 0.717) is 5.92 Å². The molecule has 0 radical (unpaired) electrons. The molecular formula is C15H22FN. The van der Waals surface area contributed by atoms with Crippen LogP contribution in [0.3, 0.4) is 0 Å². The molecule has 1 saturated carbocycles. The van der Waals surface area contributed by atoms with Gasteiger partial charge in [0.1, 0.15) is 5.82 Å². The van der Waals surface area contributed by atoms with Gasteiger partial charge in [-0.3, -0.25) is 0 Å². The highest BCUT2D eigenvalue weighted by Gasteiger charge is 2.53. The minimum absolute atomic E-state index is 0.109. The topological polar surface area (TPSA) is 12.0 Å². The van der Waals surface area contributed by atoms with Crippen LogP contribution in [0.1, 0.15) is 38.7 Å². The Morgan fingerprint density at radius 3 is 2.88 bits per heavy atom. The first-order valence-corrected chi connectivity index (χ1v) is 6.69. The van der Waals surface area contributed by atoms with Gasteiger partial charge in [-0.2, -0.15) is 0 Å². The minimum atomic E-state index is -0.109. The second-order valence-electron chi connectivity index (χ2n) is 5.13. The van der Waals surface area contributed by atoms with E-state index in [4.69, 9.17) is 0 Å². The Hall–Kier alpha value is -0.890. The standard InChI is InChI=1S/C15H22FN/c1-3-8-17-11-13-10-15(13,4-2)12-6-5-7-14(16)9-12/h5-7,9,13,17H,3-4,8,10-11H2,1-2H3. The third-order valence-corrected chi connectivity index (χ3v) is 4.08. The van der Waals surface area contributed by atoms with E-state index >= 15 is 0 Å². The van der Waals surface area contributed by atoms with Crippen LogP contribution in [0, 0.1) is 11.7 Å². The van der Waals surface area contributed by atoms with Crippen molar-refractivity contribution >= 4 is 0 Å².